The van der Waals surface area contributed by atoms with E-state index in [0.29, 0.717) is 29.1 Å². The Morgan fingerprint density at radius 3 is 2.46 bits per heavy atom. The number of nitrogens with one attached hydrogen (secondary N) is 2. The Hall–Kier alpha value is -3.36. The molecule has 0 bridgehead atoms. The summed E-state index contributed by atoms with van der Waals surface area (Å²) in [6.45, 7) is 10.1. The third kappa shape index (κ3) is 7.33. The maximum absolute atomic E-state index is 13.9. The van der Waals surface area contributed by atoms with Crippen LogP contribution in [0.1, 0.15) is 56.3 Å². The SMILES string of the molecule is C=Cc1cccc(C(C(=O)Nc2c(C)cccc2Cl)N(C(=O)C(CO)NC(=O)OC(C)(C)C)C2CC2)c1. The van der Waals surface area contributed by atoms with E-state index in [1.807, 2.05) is 19.1 Å². The number of nitrogens with zero attached hydrogens (tertiary/aromatic N) is 1. The molecule has 1 aliphatic rings. The summed E-state index contributed by atoms with van der Waals surface area (Å²) in [6, 6.07) is 9.87. The van der Waals surface area contributed by atoms with Crippen LogP contribution in [0.3, 0.4) is 0 Å². The Morgan fingerprint density at radius 2 is 1.89 bits per heavy atom. The highest BCUT2D eigenvalue weighted by Crippen LogP contribution is 2.37. The van der Waals surface area contributed by atoms with Gasteiger partial charge in [0.25, 0.3) is 5.91 Å². The normalized spacial score (nSPS) is 14.8. The van der Waals surface area contributed by atoms with Gasteiger partial charge >= 0.3 is 6.09 Å². The molecule has 0 spiro atoms. The summed E-state index contributed by atoms with van der Waals surface area (Å²) < 4.78 is 5.27. The van der Waals surface area contributed by atoms with E-state index in [1.165, 1.54) is 4.90 Å². The molecule has 3 amide bonds. The van der Waals surface area contributed by atoms with Gasteiger partial charge < -0.3 is 25.4 Å². The number of benzene rings is 2. The van der Waals surface area contributed by atoms with Crippen LogP contribution in [0, 0.1) is 6.92 Å². The number of carbonyl (C=O) groups is 3. The molecule has 1 saturated carbocycles. The Labute approximate surface area is 222 Å². The zero-order valence-electron chi connectivity index (χ0n) is 21.6. The lowest BCUT2D eigenvalue weighted by atomic mass is 10.00. The monoisotopic (exact) mass is 527 g/mol. The molecule has 0 aromatic heterocycles. The number of hydrogen-bond acceptors (Lipinski definition) is 5. The quantitative estimate of drug-likeness (QED) is 0.432. The van der Waals surface area contributed by atoms with Crippen LogP contribution in [-0.4, -0.2) is 52.2 Å². The molecule has 0 saturated heterocycles. The molecule has 9 heteroatoms. The van der Waals surface area contributed by atoms with Gasteiger partial charge in [0.05, 0.1) is 17.3 Å². The fraction of sp³-hybridized carbons (Fsp3) is 0.393. The molecule has 0 radical (unpaired) electrons. The highest BCUT2D eigenvalue weighted by molar-refractivity contribution is 6.34. The third-order valence-corrected chi connectivity index (χ3v) is 6.14. The maximum Gasteiger partial charge on any atom is 0.408 e. The molecule has 1 fully saturated rings. The number of aryl methyl sites for hydroxylation is 1. The van der Waals surface area contributed by atoms with Crippen molar-refractivity contribution in [2.45, 2.75) is 64.3 Å². The van der Waals surface area contributed by atoms with Gasteiger partial charge in [-0.1, -0.05) is 54.6 Å². The van der Waals surface area contributed by atoms with Crippen molar-refractivity contribution in [2.75, 3.05) is 11.9 Å². The highest BCUT2D eigenvalue weighted by atomic mass is 35.5. The molecule has 1 aliphatic carbocycles. The molecule has 2 aromatic carbocycles. The van der Waals surface area contributed by atoms with Crippen molar-refractivity contribution in [1.29, 1.82) is 0 Å². The lowest BCUT2D eigenvalue weighted by Gasteiger charge is -2.34. The largest absolute Gasteiger partial charge is 0.444 e. The minimum Gasteiger partial charge on any atom is -0.444 e. The van der Waals surface area contributed by atoms with E-state index in [2.05, 4.69) is 17.2 Å². The first kappa shape index (κ1) is 28.2. The number of amides is 3. The molecule has 0 heterocycles. The lowest BCUT2D eigenvalue weighted by Crippen LogP contribution is -2.54. The summed E-state index contributed by atoms with van der Waals surface area (Å²) in [7, 11) is 0. The van der Waals surface area contributed by atoms with E-state index in [1.54, 1.807) is 57.2 Å². The van der Waals surface area contributed by atoms with Crippen molar-refractivity contribution in [1.82, 2.24) is 10.2 Å². The highest BCUT2D eigenvalue weighted by Gasteiger charge is 2.44. The molecule has 198 valence electrons. The van der Waals surface area contributed by atoms with Crippen LogP contribution in [-0.2, 0) is 14.3 Å². The Kier molecular flexibility index (Phi) is 8.99. The number of carbonyl (C=O) groups excluding carboxylic acids is 3. The number of aliphatic hydroxyl groups excluding tert-OH is 1. The minimum absolute atomic E-state index is 0.238. The van der Waals surface area contributed by atoms with E-state index >= 15 is 0 Å². The Bertz CT molecular complexity index is 1150. The molecular formula is C28H34ClN3O5. The van der Waals surface area contributed by atoms with Crippen LogP contribution in [0.25, 0.3) is 6.08 Å². The number of rotatable bonds is 9. The fourth-order valence-electron chi connectivity index (χ4n) is 3.96. The average molecular weight is 528 g/mol. The van der Waals surface area contributed by atoms with Crippen LogP contribution < -0.4 is 10.6 Å². The molecule has 3 rings (SSSR count). The van der Waals surface area contributed by atoms with Crippen molar-refractivity contribution >= 4 is 41.3 Å². The zero-order valence-corrected chi connectivity index (χ0v) is 22.3. The third-order valence-electron chi connectivity index (χ3n) is 5.83. The topological polar surface area (TPSA) is 108 Å². The summed E-state index contributed by atoms with van der Waals surface area (Å²) in [5.74, 6) is -1.05. The van der Waals surface area contributed by atoms with Gasteiger partial charge in [0.15, 0.2) is 0 Å². The average Bonchev–Trinajstić information content (AvgIpc) is 3.67. The lowest BCUT2D eigenvalue weighted by molar-refractivity contribution is -0.142. The summed E-state index contributed by atoms with van der Waals surface area (Å²) in [5, 5.41) is 15.7. The van der Waals surface area contributed by atoms with Gasteiger partial charge in [0.2, 0.25) is 5.91 Å². The van der Waals surface area contributed by atoms with E-state index in [-0.39, 0.29) is 6.04 Å². The molecule has 3 N–H and O–H groups in total. The second-order valence-corrected chi connectivity index (χ2v) is 10.5. The molecule has 37 heavy (non-hydrogen) atoms. The number of ether oxygens (including phenoxy) is 1. The molecule has 2 atom stereocenters. The maximum atomic E-state index is 13.9. The molecule has 0 aliphatic heterocycles. The zero-order chi connectivity index (χ0) is 27.3. The predicted molar refractivity (Wildman–Crippen MR) is 144 cm³/mol. The van der Waals surface area contributed by atoms with E-state index in [9.17, 15) is 19.5 Å². The van der Waals surface area contributed by atoms with Crippen molar-refractivity contribution in [3.8, 4) is 0 Å². The van der Waals surface area contributed by atoms with E-state index in [0.717, 1.165) is 11.1 Å². The molecule has 2 unspecified atom stereocenters. The number of halogens is 1. The number of para-hydroxylation sites is 1. The Morgan fingerprint density at radius 1 is 1.22 bits per heavy atom. The number of alkyl carbamates (subject to hydrolysis) is 1. The second-order valence-electron chi connectivity index (χ2n) is 10.1. The first-order valence-corrected chi connectivity index (χ1v) is 12.5. The summed E-state index contributed by atoms with van der Waals surface area (Å²) in [5.41, 5.74) is 1.77. The Balaban J connectivity index is 2.01. The summed E-state index contributed by atoms with van der Waals surface area (Å²) in [6.07, 6.45) is 2.19. The molecular weight excluding hydrogens is 494 g/mol. The van der Waals surface area contributed by atoms with Gasteiger partial charge in [-0.05, 0) is 69.4 Å². The van der Waals surface area contributed by atoms with Crippen LogP contribution in [0.4, 0.5) is 10.5 Å². The predicted octanol–water partition coefficient (Wildman–Crippen LogP) is 4.85. The van der Waals surface area contributed by atoms with Crippen molar-refractivity contribution < 1.29 is 24.2 Å². The van der Waals surface area contributed by atoms with E-state index < -0.39 is 42.2 Å². The number of anilines is 1. The molecule has 8 nitrogen and oxygen atoms in total. The van der Waals surface area contributed by atoms with Crippen molar-refractivity contribution in [3.63, 3.8) is 0 Å². The van der Waals surface area contributed by atoms with Gasteiger partial charge in [0.1, 0.15) is 17.7 Å². The van der Waals surface area contributed by atoms with Gasteiger partial charge in [-0.2, -0.15) is 0 Å². The van der Waals surface area contributed by atoms with Gasteiger partial charge in [0, 0.05) is 6.04 Å². The van der Waals surface area contributed by atoms with Gasteiger partial charge in [-0.25, -0.2) is 4.79 Å². The molecule has 2 aromatic rings. The van der Waals surface area contributed by atoms with Crippen molar-refractivity contribution in [3.05, 3.63) is 70.8 Å². The smallest absolute Gasteiger partial charge is 0.408 e. The summed E-state index contributed by atoms with van der Waals surface area (Å²) >= 11 is 6.37. The summed E-state index contributed by atoms with van der Waals surface area (Å²) in [4.78, 5) is 41.5. The van der Waals surface area contributed by atoms with Crippen LogP contribution >= 0.6 is 11.6 Å². The van der Waals surface area contributed by atoms with Gasteiger partial charge in [-0.15, -0.1) is 0 Å². The minimum atomic E-state index is -1.30. The van der Waals surface area contributed by atoms with E-state index in [4.69, 9.17) is 16.3 Å². The number of hydrogen-bond donors (Lipinski definition) is 3. The standard InChI is InChI=1S/C28H34ClN3O5/c1-6-18-10-8-11-19(15-18)24(25(34)31-23-17(2)9-7-12-21(23)29)32(20-13-14-20)26(35)22(16-33)30-27(36)37-28(3,4)5/h6-12,15,20,22,24,33H,1,13-14,16H2,2-5H3,(H,30,36)(H,31,34). The number of aliphatic hydroxyl groups is 1. The van der Waals surface area contributed by atoms with Gasteiger partial charge in [-0.3, -0.25) is 9.59 Å². The first-order chi connectivity index (χ1) is 17.4. The van der Waals surface area contributed by atoms with Crippen LogP contribution in [0.2, 0.25) is 5.02 Å². The fourth-order valence-corrected chi connectivity index (χ4v) is 4.23. The van der Waals surface area contributed by atoms with Crippen molar-refractivity contribution in [2.24, 2.45) is 0 Å². The van der Waals surface area contributed by atoms with Crippen LogP contribution in [0.15, 0.2) is 49.0 Å². The first-order valence-electron chi connectivity index (χ1n) is 12.2. The van der Waals surface area contributed by atoms with Crippen LogP contribution in [0.5, 0.6) is 0 Å². The second kappa shape index (κ2) is 11.8.